The third-order valence-electron chi connectivity index (χ3n) is 4.37. The first kappa shape index (κ1) is 14.0. The predicted molar refractivity (Wildman–Crippen MR) is 103 cm³/mol. The Morgan fingerprint density at radius 1 is 0.391 bits per heavy atom. The van der Waals surface area contributed by atoms with Gasteiger partial charge in [0.25, 0.3) is 0 Å². The van der Waals surface area contributed by atoms with Crippen molar-refractivity contribution in [2.45, 2.75) is 0 Å². The molecule has 0 spiro atoms. The summed E-state index contributed by atoms with van der Waals surface area (Å²) < 4.78 is 0. The van der Waals surface area contributed by atoms with E-state index in [1.807, 2.05) is 0 Å². The van der Waals surface area contributed by atoms with Gasteiger partial charge in [0.15, 0.2) is 0 Å². The van der Waals surface area contributed by atoms with Gasteiger partial charge < -0.3 is 0 Å². The van der Waals surface area contributed by atoms with Crippen molar-refractivity contribution in [3.05, 3.63) is 103 Å². The molecule has 0 fully saturated rings. The molecular weight excluding hydrogens is 292 g/mol. The van der Waals surface area contributed by atoms with Crippen molar-refractivity contribution in [3.8, 4) is 0 Å². The van der Waals surface area contributed by atoms with Crippen LogP contribution < -0.4 is 15.6 Å². The largest absolute Gasteiger partial charge is 0.132 e. The molecule has 4 aromatic rings. The Hall–Kier alpha value is -2.64. The summed E-state index contributed by atoms with van der Waals surface area (Å²) in [7, 11) is -1.42. The maximum atomic E-state index is 2.38. The average molecular weight is 310 g/mol. The summed E-state index contributed by atoms with van der Waals surface area (Å²) in [6.07, 6.45) is 0. The van der Waals surface area contributed by atoms with Crippen LogP contribution >= 0.6 is 0 Å². The van der Waals surface area contributed by atoms with Crippen LogP contribution in [-0.4, -0.2) is 8.80 Å². The molecule has 0 aromatic heterocycles. The molecule has 0 amide bonds. The van der Waals surface area contributed by atoms with Gasteiger partial charge >= 0.3 is 0 Å². The zero-order valence-corrected chi connectivity index (χ0v) is 14.0. The van der Waals surface area contributed by atoms with Gasteiger partial charge in [-0.2, -0.15) is 0 Å². The van der Waals surface area contributed by atoms with Crippen LogP contribution in [0.5, 0.6) is 0 Å². The minimum absolute atomic E-state index is 1.31. The van der Waals surface area contributed by atoms with Crippen LogP contribution in [0.25, 0.3) is 10.8 Å². The quantitative estimate of drug-likeness (QED) is 0.403. The van der Waals surface area contributed by atoms with Gasteiger partial charge in [-0.25, -0.2) is 0 Å². The van der Waals surface area contributed by atoms with Gasteiger partial charge in [-0.3, -0.25) is 0 Å². The number of hydrogen-bond acceptors (Lipinski definition) is 0. The van der Waals surface area contributed by atoms with Crippen molar-refractivity contribution in [3.63, 3.8) is 0 Å². The fourth-order valence-electron chi connectivity index (χ4n) is 3.26. The smallest absolute Gasteiger partial charge is 0.0625 e. The van der Waals surface area contributed by atoms with Gasteiger partial charge in [0.05, 0.1) is 0 Å². The van der Waals surface area contributed by atoms with Crippen molar-refractivity contribution in [1.29, 1.82) is 0 Å². The van der Waals surface area contributed by atoms with Gasteiger partial charge in [0.1, 0.15) is 8.80 Å². The molecule has 0 atom stereocenters. The van der Waals surface area contributed by atoms with Crippen LogP contribution in [0.4, 0.5) is 0 Å². The maximum Gasteiger partial charge on any atom is 0.132 e. The molecule has 0 saturated carbocycles. The lowest BCUT2D eigenvalue weighted by Crippen LogP contribution is -2.51. The molecule has 0 aliphatic carbocycles. The van der Waals surface area contributed by atoms with Crippen molar-refractivity contribution in [2.75, 3.05) is 0 Å². The van der Waals surface area contributed by atoms with Crippen molar-refractivity contribution in [2.24, 2.45) is 0 Å². The fourth-order valence-corrected chi connectivity index (χ4v) is 6.26. The molecule has 110 valence electrons. The van der Waals surface area contributed by atoms with Gasteiger partial charge in [0.2, 0.25) is 0 Å². The van der Waals surface area contributed by atoms with Gasteiger partial charge in [-0.15, -0.1) is 0 Å². The maximum absolute atomic E-state index is 2.38. The minimum atomic E-state index is -1.42. The van der Waals surface area contributed by atoms with E-state index < -0.39 is 8.80 Å². The standard InChI is InChI=1S/C22H18Si/c1-3-11-20(12-4-1)23(21-13-5-2-6-14-21)22-16-15-18-9-7-8-10-19(18)17-22/h1-17,23H. The Morgan fingerprint density at radius 3 is 1.52 bits per heavy atom. The number of rotatable bonds is 3. The Bertz CT molecular complexity index is 874. The second kappa shape index (κ2) is 6.23. The van der Waals surface area contributed by atoms with Crippen LogP contribution in [0.3, 0.4) is 0 Å². The third kappa shape index (κ3) is 2.83. The lowest BCUT2D eigenvalue weighted by Gasteiger charge is -2.17. The normalized spacial score (nSPS) is 11.0. The monoisotopic (exact) mass is 310 g/mol. The molecule has 0 aliphatic heterocycles. The number of fused-ring (bicyclic) bond motifs is 1. The SMILES string of the molecule is c1ccc([SiH](c2ccccc2)c2ccc3ccccc3c2)cc1. The van der Waals surface area contributed by atoms with E-state index in [-0.39, 0.29) is 0 Å². The molecule has 1 heteroatoms. The van der Waals surface area contributed by atoms with Crippen LogP contribution in [-0.2, 0) is 0 Å². The summed E-state index contributed by atoms with van der Waals surface area (Å²) in [5, 5.41) is 7.04. The number of benzene rings is 4. The molecule has 0 heterocycles. The van der Waals surface area contributed by atoms with E-state index in [1.165, 1.54) is 26.3 Å². The van der Waals surface area contributed by atoms with E-state index in [4.69, 9.17) is 0 Å². The second-order valence-electron chi connectivity index (χ2n) is 5.86. The minimum Gasteiger partial charge on any atom is -0.0625 e. The van der Waals surface area contributed by atoms with Crippen molar-refractivity contribution >= 4 is 35.1 Å². The molecule has 0 aliphatic rings. The van der Waals surface area contributed by atoms with Crippen LogP contribution in [0, 0.1) is 0 Å². The first-order valence-electron chi connectivity index (χ1n) is 8.00. The molecule has 0 N–H and O–H groups in total. The first-order chi connectivity index (χ1) is 11.4. The Labute approximate surface area is 138 Å². The molecule has 0 nitrogen and oxygen atoms in total. The van der Waals surface area contributed by atoms with Crippen LogP contribution in [0.2, 0.25) is 0 Å². The van der Waals surface area contributed by atoms with Gasteiger partial charge in [-0.05, 0) is 10.8 Å². The molecule has 23 heavy (non-hydrogen) atoms. The van der Waals surface area contributed by atoms with E-state index in [2.05, 4.69) is 103 Å². The molecule has 4 rings (SSSR count). The second-order valence-corrected chi connectivity index (χ2v) is 8.73. The first-order valence-corrected chi connectivity index (χ1v) is 9.73. The van der Waals surface area contributed by atoms with Crippen LogP contribution in [0.1, 0.15) is 0 Å². The molecule has 0 radical (unpaired) electrons. The highest BCUT2D eigenvalue weighted by Gasteiger charge is 2.18. The summed E-state index contributed by atoms with van der Waals surface area (Å²) in [5.41, 5.74) is 0. The Kier molecular flexibility index (Phi) is 3.79. The highest BCUT2D eigenvalue weighted by molar-refractivity contribution is 6.95. The van der Waals surface area contributed by atoms with E-state index >= 15 is 0 Å². The van der Waals surface area contributed by atoms with E-state index in [9.17, 15) is 0 Å². The average Bonchev–Trinajstić information content (AvgIpc) is 2.64. The Balaban J connectivity index is 1.90. The summed E-state index contributed by atoms with van der Waals surface area (Å²) >= 11 is 0. The van der Waals surface area contributed by atoms with Crippen molar-refractivity contribution in [1.82, 2.24) is 0 Å². The molecule has 0 bridgehead atoms. The summed E-state index contributed by atoms with van der Waals surface area (Å²) in [6, 6.07) is 37.5. The summed E-state index contributed by atoms with van der Waals surface area (Å²) in [4.78, 5) is 0. The van der Waals surface area contributed by atoms with Gasteiger partial charge in [-0.1, -0.05) is 119 Å². The zero-order valence-electron chi connectivity index (χ0n) is 12.9. The summed E-state index contributed by atoms with van der Waals surface area (Å²) in [5.74, 6) is 0. The molecular formula is C22H18Si. The molecule has 0 unspecified atom stereocenters. The van der Waals surface area contributed by atoms with Gasteiger partial charge in [0, 0.05) is 0 Å². The highest BCUT2D eigenvalue weighted by Crippen LogP contribution is 2.11. The van der Waals surface area contributed by atoms with Crippen LogP contribution in [0.15, 0.2) is 103 Å². The number of hydrogen-bond donors (Lipinski definition) is 0. The zero-order chi connectivity index (χ0) is 15.5. The Morgan fingerprint density at radius 2 is 0.913 bits per heavy atom. The molecule has 0 saturated heterocycles. The third-order valence-corrected chi connectivity index (χ3v) is 7.50. The fraction of sp³-hybridized carbons (Fsp3) is 0. The van der Waals surface area contributed by atoms with E-state index in [0.29, 0.717) is 0 Å². The van der Waals surface area contributed by atoms with Crippen molar-refractivity contribution < 1.29 is 0 Å². The topological polar surface area (TPSA) is 0 Å². The lowest BCUT2D eigenvalue weighted by atomic mass is 10.1. The summed E-state index contributed by atoms with van der Waals surface area (Å²) in [6.45, 7) is 0. The molecule has 4 aromatic carbocycles. The van der Waals surface area contributed by atoms with E-state index in [1.54, 1.807) is 0 Å². The van der Waals surface area contributed by atoms with E-state index in [0.717, 1.165) is 0 Å². The highest BCUT2D eigenvalue weighted by atomic mass is 28.3. The predicted octanol–water partition coefficient (Wildman–Crippen LogP) is 3.09. The lowest BCUT2D eigenvalue weighted by molar-refractivity contribution is 1.72.